The summed E-state index contributed by atoms with van der Waals surface area (Å²) < 4.78 is 2.13. The molecule has 0 aliphatic heterocycles. The molecule has 3 rings (SSSR count). The lowest BCUT2D eigenvalue weighted by atomic mass is 9.76. The minimum atomic E-state index is -0.592. The monoisotopic (exact) mass is 398 g/mol. The number of aliphatic hydroxyl groups is 1. The fourth-order valence-electron chi connectivity index (χ4n) is 4.33. The topological polar surface area (TPSA) is 79.2 Å². The van der Waals surface area contributed by atoms with Crippen LogP contribution in [0.15, 0.2) is 36.7 Å². The number of hydrogen-bond donors (Lipinski definition) is 3. The van der Waals surface area contributed by atoms with Gasteiger partial charge >= 0.3 is 6.03 Å². The third-order valence-electron chi connectivity index (χ3n) is 6.04. The van der Waals surface area contributed by atoms with E-state index in [1.807, 2.05) is 43.6 Å². The number of urea groups is 1. The lowest BCUT2D eigenvalue weighted by molar-refractivity contribution is 0.103. The molecule has 0 saturated heterocycles. The predicted octanol–water partition coefficient (Wildman–Crippen LogP) is 4.51. The molecule has 0 radical (unpaired) electrons. The van der Waals surface area contributed by atoms with Gasteiger partial charge in [-0.3, -0.25) is 0 Å². The van der Waals surface area contributed by atoms with Gasteiger partial charge in [-0.25, -0.2) is 9.78 Å². The Morgan fingerprint density at radius 1 is 1.31 bits per heavy atom. The molecular formula is C23H34N4O2. The lowest BCUT2D eigenvalue weighted by Crippen LogP contribution is -2.55. The van der Waals surface area contributed by atoms with Gasteiger partial charge < -0.3 is 20.3 Å². The highest BCUT2D eigenvalue weighted by molar-refractivity contribution is 5.89. The summed E-state index contributed by atoms with van der Waals surface area (Å²) in [6, 6.07) is 7.60. The maximum absolute atomic E-state index is 12.7. The SMILES string of the molecule is CC(C)c1nccn1Cc1cccc(NC(=O)NC(C)(CO)C2CCCCC2)c1. The van der Waals surface area contributed by atoms with Crippen molar-refractivity contribution in [2.75, 3.05) is 11.9 Å². The van der Waals surface area contributed by atoms with Gasteiger partial charge in [0.2, 0.25) is 0 Å². The van der Waals surface area contributed by atoms with Crippen LogP contribution in [-0.2, 0) is 6.54 Å². The van der Waals surface area contributed by atoms with Gasteiger partial charge in [0.25, 0.3) is 0 Å². The molecule has 1 atom stereocenters. The van der Waals surface area contributed by atoms with E-state index in [0.717, 1.165) is 42.8 Å². The molecule has 0 bridgehead atoms. The summed E-state index contributed by atoms with van der Waals surface area (Å²) in [5.74, 6) is 1.72. The summed E-state index contributed by atoms with van der Waals surface area (Å²) >= 11 is 0. The number of anilines is 1. The van der Waals surface area contributed by atoms with Crippen LogP contribution in [0.3, 0.4) is 0 Å². The summed E-state index contributed by atoms with van der Waals surface area (Å²) in [5, 5.41) is 15.9. The highest BCUT2D eigenvalue weighted by atomic mass is 16.3. The van der Waals surface area contributed by atoms with E-state index in [2.05, 4.69) is 34.0 Å². The zero-order valence-corrected chi connectivity index (χ0v) is 17.8. The number of nitrogens with zero attached hydrogens (tertiary/aromatic N) is 2. The molecular weight excluding hydrogens is 364 g/mol. The molecule has 1 heterocycles. The standard InChI is InChI=1S/C23H34N4O2/c1-17(2)21-24-12-13-27(21)15-18-8-7-11-20(14-18)25-22(29)26-23(3,16-28)19-9-5-4-6-10-19/h7-8,11-14,17,19,28H,4-6,9-10,15-16H2,1-3H3,(H2,25,26,29). The Kier molecular flexibility index (Phi) is 6.96. The summed E-state index contributed by atoms with van der Waals surface area (Å²) in [5.41, 5.74) is 1.25. The first kappa shape index (κ1) is 21.4. The zero-order chi connectivity index (χ0) is 20.9. The van der Waals surface area contributed by atoms with Crippen LogP contribution in [0.1, 0.15) is 70.2 Å². The number of aromatic nitrogens is 2. The first-order valence-corrected chi connectivity index (χ1v) is 10.7. The van der Waals surface area contributed by atoms with Gasteiger partial charge in [0.15, 0.2) is 0 Å². The molecule has 158 valence electrons. The van der Waals surface area contributed by atoms with Crippen LogP contribution in [0, 0.1) is 5.92 Å². The van der Waals surface area contributed by atoms with E-state index >= 15 is 0 Å². The molecule has 2 amide bonds. The van der Waals surface area contributed by atoms with Gasteiger partial charge in [-0.2, -0.15) is 0 Å². The molecule has 1 fully saturated rings. The number of aliphatic hydroxyl groups excluding tert-OH is 1. The average Bonchev–Trinajstić information content (AvgIpc) is 3.17. The molecule has 0 spiro atoms. The van der Waals surface area contributed by atoms with Crippen LogP contribution < -0.4 is 10.6 Å². The summed E-state index contributed by atoms with van der Waals surface area (Å²) in [7, 11) is 0. The molecule has 1 aromatic carbocycles. The van der Waals surface area contributed by atoms with Crippen LogP contribution in [0.5, 0.6) is 0 Å². The molecule has 3 N–H and O–H groups in total. The van der Waals surface area contributed by atoms with Crippen LogP contribution in [0.2, 0.25) is 0 Å². The fourth-order valence-corrected chi connectivity index (χ4v) is 4.33. The molecule has 1 saturated carbocycles. The van der Waals surface area contributed by atoms with Crippen molar-refractivity contribution >= 4 is 11.7 Å². The number of amides is 2. The van der Waals surface area contributed by atoms with E-state index in [1.54, 1.807) is 0 Å². The van der Waals surface area contributed by atoms with E-state index in [4.69, 9.17) is 0 Å². The van der Waals surface area contributed by atoms with Crippen molar-refractivity contribution in [2.24, 2.45) is 5.92 Å². The maximum atomic E-state index is 12.7. The molecule has 1 aliphatic carbocycles. The summed E-state index contributed by atoms with van der Waals surface area (Å²) in [6.45, 7) is 6.87. The maximum Gasteiger partial charge on any atom is 0.319 e. The van der Waals surface area contributed by atoms with Crippen LogP contribution in [-0.4, -0.2) is 32.8 Å². The quantitative estimate of drug-likeness (QED) is 0.642. The van der Waals surface area contributed by atoms with Crippen LogP contribution >= 0.6 is 0 Å². The van der Waals surface area contributed by atoms with Crippen LogP contribution in [0.4, 0.5) is 10.5 Å². The average molecular weight is 399 g/mol. The van der Waals surface area contributed by atoms with Gasteiger partial charge in [0.1, 0.15) is 5.82 Å². The summed E-state index contributed by atoms with van der Waals surface area (Å²) in [6.07, 6.45) is 9.49. The smallest absolute Gasteiger partial charge is 0.319 e. The number of hydrogen-bond acceptors (Lipinski definition) is 3. The normalized spacial score (nSPS) is 17.1. The number of benzene rings is 1. The summed E-state index contributed by atoms with van der Waals surface area (Å²) in [4.78, 5) is 17.1. The third-order valence-corrected chi connectivity index (χ3v) is 6.04. The number of rotatable bonds is 7. The number of nitrogens with one attached hydrogen (secondary N) is 2. The number of carbonyl (C=O) groups excluding carboxylic acids is 1. The Labute approximate surface area is 173 Å². The van der Waals surface area contributed by atoms with Crippen molar-refractivity contribution in [1.29, 1.82) is 0 Å². The fraction of sp³-hybridized carbons (Fsp3) is 0.565. The molecule has 29 heavy (non-hydrogen) atoms. The van der Waals surface area contributed by atoms with Crippen molar-refractivity contribution in [3.05, 3.63) is 48.0 Å². The second-order valence-corrected chi connectivity index (χ2v) is 8.76. The van der Waals surface area contributed by atoms with Crippen molar-refractivity contribution in [3.8, 4) is 0 Å². The Bertz CT molecular complexity index is 811. The van der Waals surface area contributed by atoms with Gasteiger partial charge in [-0.1, -0.05) is 45.2 Å². The van der Waals surface area contributed by atoms with Crippen molar-refractivity contribution in [1.82, 2.24) is 14.9 Å². The largest absolute Gasteiger partial charge is 0.394 e. The van der Waals surface area contributed by atoms with Crippen molar-refractivity contribution in [3.63, 3.8) is 0 Å². The van der Waals surface area contributed by atoms with Crippen LogP contribution in [0.25, 0.3) is 0 Å². The number of imidazole rings is 1. The van der Waals surface area contributed by atoms with E-state index in [1.165, 1.54) is 6.42 Å². The molecule has 1 aromatic heterocycles. The second kappa shape index (κ2) is 9.44. The van der Waals surface area contributed by atoms with Crippen molar-refractivity contribution in [2.45, 2.75) is 70.9 Å². The first-order valence-electron chi connectivity index (χ1n) is 10.7. The van der Waals surface area contributed by atoms with Gasteiger partial charge in [-0.15, -0.1) is 0 Å². The predicted molar refractivity (Wildman–Crippen MR) is 116 cm³/mol. The van der Waals surface area contributed by atoms with E-state index in [0.29, 0.717) is 18.4 Å². The Morgan fingerprint density at radius 2 is 2.07 bits per heavy atom. The van der Waals surface area contributed by atoms with E-state index < -0.39 is 5.54 Å². The molecule has 2 aromatic rings. The number of carbonyl (C=O) groups is 1. The minimum Gasteiger partial charge on any atom is -0.394 e. The van der Waals surface area contributed by atoms with E-state index in [9.17, 15) is 9.90 Å². The Balaban J connectivity index is 1.64. The highest BCUT2D eigenvalue weighted by Crippen LogP contribution is 2.32. The Hall–Kier alpha value is -2.34. The minimum absolute atomic E-state index is 0.0519. The van der Waals surface area contributed by atoms with Gasteiger partial charge in [0.05, 0.1) is 12.1 Å². The van der Waals surface area contributed by atoms with Gasteiger partial charge in [-0.05, 0) is 43.4 Å². The first-order chi connectivity index (χ1) is 13.9. The zero-order valence-electron chi connectivity index (χ0n) is 17.8. The third kappa shape index (κ3) is 5.38. The molecule has 6 nitrogen and oxygen atoms in total. The molecule has 1 unspecified atom stereocenters. The molecule has 1 aliphatic rings. The molecule has 6 heteroatoms. The van der Waals surface area contributed by atoms with Gasteiger partial charge in [0, 0.05) is 30.5 Å². The Morgan fingerprint density at radius 3 is 2.76 bits per heavy atom. The lowest BCUT2D eigenvalue weighted by Gasteiger charge is -2.39. The highest BCUT2D eigenvalue weighted by Gasteiger charge is 2.35. The second-order valence-electron chi connectivity index (χ2n) is 8.76. The van der Waals surface area contributed by atoms with Crippen molar-refractivity contribution < 1.29 is 9.90 Å². The van der Waals surface area contributed by atoms with E-state index in [-0.39, 0.29) is 12.6 Å².